The van der Waals surface area contributed by atoms with Crippen LogP contribution < -0.4 is 5.32 Å². The first-order chi connectivity index (χ1) is 19.3. The molecule has 1 aliphatic heterocycles. The molecule has 0 radical (unpaired) electrons. The minimum atomic E-state index is -4.13. The predicted molar refractivity (Wildman–Crippen MR) is 156 cm³/mol. The second-order valence-corrected chi connectivity index (χ2v) is 16.6. The zero-order valence-electron chi connectivity index (χ0n) is 23.4. The fourth-order valence-electron chi connectivity index (χ4n) is 5.22. The van der Waals surface area contributed by atoms with E-state index < -0.39 is 42.5 Å². The van der Waals surface area contributed by atoms with Crippen LogP contribution >= 0.6 is 0 Å². The van der Waals surface area contributed by atoms with Gasteiger partial charge in [0.2, 0.25) is 36.0 Å². The van der Waals surface area contributed by atoms with E-state index in [1.165, 1.54) is 71.2 Å². The number of amides is 1. The van der Waals surface area contributed by atoms with E-state index >= 15 is 0 Å². The van der Waals surface area contributed by atoms with E-state index in [-0.39, 0.29) is 20.7 Å². The number of piperidine rings is 1. The fraction of sp³-hybridized carbons (Fsp3) is 0.519. The van der Waals surface area contributed by atoms with Crippen molar-refractivity contribution in [1.29, 1.82) is 0 Å². The maximum absolute atomic E-state index is 13.7. The van der Waals surface area contributed by atoms with Gasteiger partial charge in [0.25, 0.3) is 0 Å². The lowest BCUT2D eigenvalue weighted by Gasteiger charge is -2.33. The summed E-state index contributed by atoms with van der Waals surface area (Å²) < 4.78 is 81.9. The van der Waals surface area contributed by atoms with Crippen molar-refractivity contribution < 1.29 is 30.0 Å². The maximum Gasteiger partial charge on any atom is 0.243 e. The third kappa shape index (κ3) is 7.17. The van der Waals surface area contributed by atoms with E-state index in [4.69, 9.17) is 0 Å². The van der Waals surface area contributed by atoms with Crippen LogP contribution in [0.2, 0.25) is 0 Å². The molecule has 0 atom stereocenters. The summed E-state index contributed by atoms with van der Waals surface area (Å²) in [4.78, 5) is 13.1. The lowest BCUT2D eigenvalue weighted by atomic mass is 9.95. The van der Waals surface area contributed by atoms with Crippen LogP contribution in [0, 0.1) is 0 Å². The van der Waals surface area contributed by atoms with E-state index in [0.717, 1.165) is 42.8 Å². The van der Waals surface area contributed by atoms with Gasteiger partial charge in [0.05, 0.1) is 21.2 Å². The molecule has 4 rings (SSSR count). The quantitative estimate of drug-likeness (QED) is 0.427. The van der Waals surface area contributed by atoms with Crippen molar-refractivity contribution in [2.75, 3.05) is 39.0 Å². The van der Waals surface area contributed by atoms with Crippen LogP contribution in [0.5, 0.6) is 0 Å². The molecule has 1 N–H and O–H groups in total. The Morgan fingerprint density at radius 3 is 1.76 bits per heavy atom. The van der Waals surface area contributed by atoms with Crippen LogP contribution in [0.15, 0.2) is 63.2 Å². The van der Waals surface area contributed by atoms with Gasteiger partial charge in [-0.3, -0.25) is 4.79 Å². The average Bonchev–Trinajstić information content (AvgIpc) is 2.97. The van der Waals surface area contributed by atoms with E-state index in [9.17, 15) is 30.0 Å². The Morgan fingerprint density at radius 2 is 1.22 bits per heavy atom. The highest BCUT2D eigenvalue weighted by Crippen LogP contribution is 2.29. The number of carbonyl (C=O) groups excluding carboxylic acids is 1. The molecule has 2 fully saturated rings. The average molecular weight is 627 g/mol. The Kier molecular flexibility index (Phi) is 9.92. The van der Waals surface area contributed by atoms with Crippen molar-refractivity contribution in [3.63, 3.8) is 0 Å². The van der Waals surface area contributed by atoms with Crippen LogP contribution in [-0.4, -0.2) is 83.8 Å². The summed E-state index contributed by atoms with van der Waals surface area (Å²) in [7, 11) is -8.69. The highest BCUT2D eigenvalue weighted by molar-refractivity contribution is 7.89. The number of benzene rings is 2. The van der Waals surface area contributed by atoms with Crippen LogP contribution in [0.25, 0.3) is 0 Å². The van der Waals surface area contributed by atoms with Crippen LogP contribution in [0.1, 0.15) is 51.4 Å². The Labute approximate surface area is 243 Å². The van der Waals surface area contributed by atoms with Crippen molar-refractivity contribution in [2.45, 2.75) is 72.1 Å². The number of anilines is 1. The number of nitrogens with zero attached hydrogens (tertiary/aromatic N) is 3. The molecule has 1 saturated heterocycles. The molecule has 0 aromatic heterocycles. The minimum Gasteiger partial charge on any atom is -0.325 e. The molecule has 2 aromatic carbocycles. The molecule has 0 spiro atoms. The molecule has 1 heterocycles. The highest BCUT2D eigenvalue weighted by Gasteiger charge is 2.34. The summed E-state index contributed by atoms with van der Waals surface area (Å²) in [6, 6.07) is 10.5. The van der Waals surface area contributed by atoms with Crippen molar-refractivity contribution in [1.82, 2.24) is 12.9 Å². The molecular weight excluding hydrogens is 589 g/mol. The summed E-state index contributed by atoms with van der Waals surface area (Å²) in [5.74, 6) is -0.558. The predicted octanol–water partition coefficient (Wildman–Crippen LogP) is 3.07. The van der Waals surface area contributed by atoms with Gasteiger partial charge in [-0.25, -0.2) is 29.6 Å². The van der Waals surface area contributed by atoms with Crippen molar-refractivity contribution >= 4 is 41.7 Å². The second kappa shape index (κ2) is 12.9. The van der Waals surface area contributed by atoms with E-state index in [1.54, 1.807) is 0 Å². The molecule has 2 aromatic rings. The van der Waals surface area contributed by atoms with Crippen LogP contribution in [-0.2, 0) is 34.9 Å². The zero-order valence-corrected chi connectivity index (χ0v) is 25.8. The van der Waals surface area contributed by atoms with E-state index in [0.29, 0.717) is 31.6 Å². The summed E-state index contributed by atoms with van der Waals surface area (Å²) in [5.41, 5.74) is 0.354. The van der Waals surface area contributed by atoms with Crippen molar-refractivity contribution in [3.8, 4) is 0 Å². The van der Waals surface area contributed by atoms with Gasteiger partial charge in [-0.05, 0) is 74.2 Å². The van der Waals surface area contributed by atoms with Gasteiger partial charge in [-0.15, -0.1) is 0 Å². The molecular formula is C27H38N4O7S3. The lowest BCUT2D eigenvalue weighted by Crippen LogP contribution is -2.45. The van der Waals surface area contributed by atoms with Gasteiger partial charge >= 0.3 is 0 Å². The van der Waals surface area contributed by atoms with Gasteiger partial charge in [0.1, 0.15) is 0 Å². The Balaban J connectivity index is 1.51. The second-order valence-electron chi connectivity index (χ2n) is 10.6. The molecule has 14 heteroatoms. The van der Waals surface area contributed by atoms with Crippen LogP contribution in [0.3, 0.4) is 0 Å². The van der Waals surface area contributed by atoms with E-state index in [2.05, 4.69) is 5.32 Å². The molecule has 1 aliphatic carbocycles. The summed E-state index contributed by atoms with van der Waals surface area (Å²) in [6.45, 7) is 0.541. The highest BCUT2D eigenvalue weighted by atomic mass is 32.2. The first kappa shape index (κ1) is 31.6. The number of hydrogen-bond acceptors (Lipinski definition) is 7. The molecule has 2 aliphatic rings. The first-order valence-electron chi connectivity index (χ1n) is 13.8. The van der Waals surface area contributed by atoms with Gasteiger partial charge in [-0.1, -0.05) is 25.7 Å². The summed E-state index contributed by atoms with van der Waals surface area (Å²) >= 11 is 0. The maximum atomic E-state index is 13.7. The lowest BCUT2D eigenvalue weighted by molar-refractivity contribution is -0.116. The Bertz CT molecular complexity index is 1530. The van der Waals surface area contributed by atoms with Gasteiger partial charge < -0.3 is 5.32 Å². The largest absolute Gasteiger partial charge is 0.325 e. The number of sulfonamides is 3. The van der Waals surface area contributed by atoms with Crippen molar-refractivity contribution in [2.24, 2.45) is 0 Å². The Hall–Kier alpha value is -2.36. The summed E-state index contributed by atoms with van der Waals surface area (Å²) in [5, 5.41) is 2.70. The van der Waals surface area contributed by atoms with Gasteiger partial charge in [0.15, 0.2) is 0 Å². The normalized spacial score (nSPS) is 18.0. The number of hydrogen-bond donors (Lipinski definition) is 1. The van der Waals surface area contributed by atoms with Crippen LogP contribution in [0.4, 0.5) is 5.69 Å². The molecule has 226 valence electrons. The number of carbonyl (C=O) groups is 1. The van der Waals surface area contributed by atoms with Gasteiger partial charge in [-0.2, -0.15) is 8.61 Å². The molecule has 0 unspecified atom stereocenters. The first-order valence-corrected chi connectivity index (χ1v) is 18.1. The smallest absolute Gasteiger partial charge is 0.243 e. The molecule has 0 bridgehead atoms. The topological polar surface area (TPSA) is 141 Å². The molecule has 1 saturated carbocycles. The van der Waals surface area contributed by atoms with Crippen molar-refractivity contribution in [3.05, 3.63) is 48.5 Å². The zero-order chi connectivity index (χ0) is 29.8. The third-order valence-electron chi connectivity index (χ3n) is 7.58. The number of rotatable bonds is 10. The molecule has 1 amide bonds. The standard InChI is InChI=1S/C27H38N4O7S3/c1-29(2)39(33,34)24-15-17-26(18-16-24)41(37,38)31(23-9-5-3-6-10-23)21-27(32)28-22-11-13-25(14-12-22)40(35,36)30-19-7-4-8-20-30/h11-18,23H,3-10,19-21H2,1-2H3,(H,28,32). The Morgan fingerprint density at radius 1 is 0.732 bits per heavy atom. The minimum absolute atomic E-state index is 0.0332. The molecule has 41 heavy (non-hydrogen) atoms. The van der Waals surface area contributed by atoms with E-state index in [1.807, 2.05) is 0 Å². The third-order valence-corrected chi connectivity index (χ3v) is 13.2. The fourth-order valence-corrected chi connectivity index (χ4v) is 9.28. The summed E-state index contributed by atoms with van der Waals surface area (Å²) in [6.07, 6.45) is 6.55. The number of nitrogens with one attached hydrogen (secondary N) is 1. The molecule has 11 nitrogen and oxygen atoms in total. The monoisotopic (exact) mass is 626 g/mol. The van der Waals surface area contributed by atoms with Gasteiger partial charge in [0, 0.05) is 38.9 Å². The SMILES string of the molecule is CN(C)S(=O)(=O)c1ccc(S(=O)(=O)N(CC(=O)Nc2ccc(S(=O)(=O)N3CCCCC3)cc2)C2CCCCC2)cc1.